The third kappa shape index (κ3) is 3.35. The van der Waals surface area contributed by atoms with Crippen LogP contribution >= 0.6 is 0 Å². The van der Waals surface area contributed by atoms with Crippen molar-refractivity contribution >= 4 is 15.7 Å². The van der Waals surface area contributed by atoms with Gasteiger partial charge in [-0.25, -0.2) is 8.42 Å². The molecule has 1 fully saturated rings. The summed E-state index contributed by atoms with van der Waals surface area (Å²) in [6.07, 6.45) is 2.31. The molecule has 0 heterocycles. The Hall–Kier alpha value is -1.40. The van der Waals surface area contributed by atoms with Gasteiger partial charge in [0.2, 0.25) is 5.91 Å². The van der Waals surface area contributed by atoms with Crippen LogP contribution in [0.15, 0.2) is 23.1 Å². The molecule has 134 valence electrons. The van der Waals surface area contributed by atoms with E-state index in [0.717, 1.165) is 18.4 Å². The Morgan fingerprint density at radius 3 is 2.46 bits per heavy atom. The first-order chi connectivity index (χ1) is 11.2. The Balaban J connectivity index is 2.42. The van der Waals surface area contributed by atoms with Crippen molar-refractivity contribution in [2.45, 2.75) is 62.1 Å². The van der Waals surface area contributed by atoms with E-state index in [-0.39, 0.29) is 11.9 Å². The minimum atomic E-state index is -3.74. The van der Waals surface area contributed by atoms with Crippen LogP contribution in [0.2, 0.25) is 0 Å². The van der Waals surface area contributed by atoms with Gasteiger partial charge in [0.05, 0.1) is 4.90 Å². The Labute approximate surface area is 145 Å². The van der Waals surface area contributed by atoms with Gasteiger partial charge < -0.3 is 10.6 Å². The predicted octanol–water partition coefficient (Wildman–Crippen LogP) is 2.11. The molecule has 1 amide bonds. The van der Waals surface area contributed by atoms with Gasteiger partial charge in [0.25, 0.3) is 0 Å². The minimum absolute atomic E-state index is 0.0933. The number of sulfone groups is 1. The van der Waals surface area contributed by atoms with Gasteiger partial charge in [0.1, 0.15) is 0 Å². The Morgan fingerprint density at radius 2 is 1.88 bits per heavy atom. The molecule has 1 aromatic carbocycles. The normalized spacial score (nSPS) is 18.3. The van der Waals surface area contributed by atoms with E-state index in [2.05, 4.69) is 10.6 Å². The molecule has 0 bridgehead atoms. The van der Waals surface area contributed by atoms with Gasteiger partial charge >= 0.3 is 0 Å². The summed E-state index contributed by atoms with van der Waals surface area (Å²) < 4.78 is 25.5. The molecule has 1 unspecified atom stereocenters. The fourth-order valence-electron chi connectivity index (χ4n) is 3.28. The molecule has 5 nitrogen and oxygen atoms in total. The van der Waals surface area contributed by atoms with E-state index >= 15 is 0 Å². The Bertz CT molecular complexity index is 707. The SMILES string of the molecule is CNC(C)CNC(=O)C1(S(=O)(=O)c2cc(C)ccc2C)CCCC1. The van der Waals surface area contributed by atoms with Gasteiger partial charge in [0.15, 0.2) is 14.6 Å². The lowest BCUT2D eigenvalue weighted by atomic mass is 10.1. The summed E-state index contributed by atoms with van der Waals surface area (Å²) >= 11 is 0. The van der Waals surface area contributed by atoms with Crippen LogP contribution in [0.5, 0.6) is 0 Å². The van der Waals surface area contributed by atoms with Crippen molar-refractivity contribution in [1.82, 2.24) is 10.6 Å². The Kier molecular flexibility index (Phi) is 5.71. The molecule has 0 saturated heterocycles. The van der Waals surface area contributed by atoms with Crippen molar-refractivity contribution < 1.29 is 13.2 Å². The second-order valence-electron chi connectivity index (χ2n) is 6.87. The molecule has 0 aromatic heterocycles. The summed E-state index contributed by atoms with van der Waals surface area (Å²) in [5.74, 6) is -0.358. The first-order valence-corrected chi connectivity index (χ1v) is 10.0. The van der Waals surface area contributed by atoms with E-state index < -0.39 is 14.6 Å². The van der Waals surface area contributed by atoms with E-state index in [1.54, 1.807) is 13.0 Å². The summed E-state index contributed by atoms with van der Waals surface area (Å²) in [6, 6.07) is 5.49. The van der Waals surface area contributed by atoms with E-state index in [4.69, 9.17) is 0 Å². The molecule has 0 spiro atoms. The lowest BCUT2D eigenvalue weighted by Crippen LogP contribution is -2.52. The summed E-state index contributed by atoms with van der Waals surface area (Å²) in [4.78, 5) is 13.2. The number of likely N-dealkylation sites (N-methyl/N-ethyl adjacent to an activating group) is 1. The molecule has 2 N–H and O–H groups in total. The van der Waals surface area contributed by atoms with Crippen LogP contribution in [-0.4, -0.2) is 38.7 Å². The zero-order valence-corrected chi connectivity index (χ0v) is 15.8. The van der Waals surface area contributed by atoms with Crippen molar-refractivity contribution in [2.24, 2.45) is 0 Å². The average molecular weight is 353 g/mol. The number of aryl methyl sites for hydroxylation is 2. The molecule has 1 aromatic rings. The fraction of sp³-hybridized carbons (Fsp3) is 0.611. The molecule has 1 atom stereocenters. The molecular weight excluding hydrogens is 324 g/mol. The summed E-state index contributed by atoms with van der Waals surface area (Å²) in [5.41, 5.74) is 1.58. The van der Waals surface area contributed by atoms with Gasteiger partial charge in [-0.3, -0.25) is 4.79 Å². The highest BCUT2D eigenvalue weighted by molar-refractivity contribution is 7.93. The third-order valence-corrected chi connectivity index (χ3v) is 7.68. The van der Waals surface area contributed by atoms with E-state index in [0.29, 0.717) is 29.8 Å². The maximum atomic E-state index is 13.4. The highest BCUT2D eigenvalue weighted by atomic mass is 32.2. The van der Waals surface area contributed by atoms with Gasteiger partial charge in [-0.05, 0) is 57.9 Å². The number of hydrogen-bond acceptors (Lipinski definition) is 4. The van der Waals surface area contributed by atoms with Crippen molar-refractivity contribution in [3.05, 3.63) is 29.3 Å². The monoisotopic (exact) mass is 352 g/mol. The number of amides is 1. The Morgan fingerprint density at radius 1 is 1.25 bits per heavy atom. The van der Waals surface area contributed by atoms with Gasteiger partial charge in [-0.2, -0.15) is 0 Å². The molecule has 0 aliphatic heterocycles. The minimum Gasteiger partial charge on any atom is -0.353 e. The van der Waals surface area contributed by atoms with Crippen LogP contribution in [0.25, 0.3) is 0 Å². The first-order valence-electron chi connectivity index (χ1n) is 8.52. The predicted molar refractivity (Wildman–Crippen MR) is 95.8 cm³/mol. The van der Waals surface area contributed by atoms with E-state index in [1.165, 1.54) is 0 Å². The van der Waals surface area contributed by atoms with Crippen molar-refractivity contribution in [3.8, 4) is 0 Å². The first kappa shape index (κ1) is 18.9. The highest BCUT2D eigenvalue weighted by Crippen LogP contribution is 2.41. The van der Waals surface area contributed by atoms with Crippen LogP contribution in [0.3, 0.4) is 0 Å². The lowest BCUT2D eigenvalue weighted by molar-refractivity contribution is -0.123. The molecule has 6 heteroatoms. The van der Waals surface area contributed by atoms with Crippen LogP contribution in [0.1, 0.15) is 43.7 Å². The maximum Gasteiger partial charge on any atom is 0.241 e. The maximum absolute atomic E-state index is 13.4. The van der Waals surface area contributed by atoms with Crippen LogP contribution in [0.4, 0.5) is 0 Å². The average Bonchev–Trinajstić information content (AvgIpc) is 3.05. The second-order valence-corrected chi connectivity index (χ2v) is 9.10. The van der Waals surface area contributed by atoms with Crippen LogP contribution < -0.4 is 10.6 Å². The number of carbonyl (C=O) groups is 1. The number of hydrogen-bond donors (Lipinski definition) is 2. The van der Waals surface area contributed by atoms with Crippen LogP contribution in [-0.2, 0) is 14.6 Å². The number of nitrogens with one attached hydrogen (secondary N) is 2. The summed E-state index contributed by atoms with van der Waals surface area (Å²) in [6.45, 7) is 6.02. The topological polar surface area (TPSA) is 75.3 Å². The van der Waals surface area contributed by atoms with E-state index in [9.17, 15) is 13.2 Å². The molecular formula is C18H28N2O3S. The summed E-state index contributed by atoms with van der Waals surface area (Å²) in [7, 11) is -1.93. The van der Waals surface area contributed by atoms with E-state index in [1.807, 2.05) is 33.0 Å². The smallest absolute Gasteiger partial charge is 0.241 e. The lowest BCUT2D eigenvalue weighted by Gasteiger charge is -2.29. The summed E-state index contributed by atoms with van der Waals surface area (Å²) in [5, 5.41) is 5.89. The molecule has 0 radical (unpaired) electrons. The zero-order chi connectivity index (χ0) is 18.0. The highest BCUT2D eigenvalue weighted by Gasteiger charge is 2.53. The number of rotatable bonds is 6. The second kappa shape index (κ2) is 7.23. The quantitative estimate of drug-likeness (QED) is 0.822. The zero-order valence-electron chi connectivity index (χ0n) is 15.0. The van der Waals surface area contributed by atoms with Gasteiger partial charge in [0, 0.05) is 12.6 Å². The standard InChI is InChI=1S/C18H28N2O3S/c1-13-7-8-14(2)16(11-13)24(22,23)18(9-5-6-10-18)17(21)20-12-15(3)19-4/h7-8,11,15,19H,5-6,9-10,12H2,1-4H3,(H,20,21). The molecule has 1 saturated carbocycles. The van der Waals surface area contributed by atoms with Crippen molar-refractivity contribution in [3.63, 3.8) is 0 Å². The molecule has 24 heavy (non-hydrogen) atoms. The van der Waals surface area contributed by atoms with Crippen molar-refractivity contribution in [2.75, 3.05) is 13.6 Å². The molecule has 2 rings (SSSR count). The third-order valence-electron chi connectivity index (χ3n) is 5.03. The fourth-order valence-corrected chi connectivity index (χ4v) is 5.68. The number of carbonyl (C=O) groups excluding carboxylic acids is 1. The van der Waals surface area contributed by atoms with Crippen molar-refractivity contribution in [1.29, 1.82) is 0 Å². The van der Waals surface area contributed by atoms with Gasteiger partial charge in [-0.15, -0.1) is 0 Å². The number of benzene rings is 1. The largest absolute Gasteiger partial charge is 0.353 e. The van der Waals surface area contributed by atoms with Crippen LogP contribution in [0, 0.1) is 13.8 Å². The van der Waals surface area contributed by atoms with Gasteiger partial charge in [-0.1, -0.05) is 25.0 Å². The molecule has 1 aliphatic carbocycles. The molecule has 1 aliphatic rings.